The van der Waals surface area contributed by atoms with Crippen LogP contribution in [0.15, 0.2) is 10.5 Å². The van der Waals surface area contributed by atoms with E-state index in [1.54, 1.807) is 26.8 Å². The van der Waals surface area contributed by atoms with E-state index in [1.807, 2.05) is 0 Å². The van der Waals surface area contributed by atoms with E-state index in [2.05, 4.69) is 20.7 Å². The maximum absolute atomic E-state index is 11.8. The van der Waals surface area contributed by atoms with Gasteiger partial charge in [-0.05, 0) is 53.9 Å². The molecule has 0 aromatic heterocycles. The molecular formula is C12H13BrO4. The van der Waals surface area contributed by atoms with E-state index >= 15 is 0 Å². The van der Waals surface area contributed by atoms with E-state index in [9.17, 15) is 14.7 Å². The highest BCUT2D eigenvalue weighted by atomic mass is 79.9. The summed E-state index contributed by atoms with van der Waals surface area (Å²) in [5.41, 5.74) is 1.38. The second-order valence-corrected chi connectivity index (χ2v) is 4.43. The maximum Gasteiger partial charge on any atom is 0.379 e. The number of carbonyl (C=O) groups is 2. The standard InChI is InChI=1S/C12H13BrO4/c1-4-17-12(16)11(15)9-7(3)6(2)5-8(13)10(9)14/h5,14H,4H2,1-3H3. The first-order valence-electron chi connectivity index (χ1n) is 5.10. The third kappa shape index (κ3) is 2.66. The van der Waals surface area contributed by atoms with Crippen molar-refractivity contribution in [1.82, 2.24) is 0 Å². The van der Waals surface area contributed by atoms with Gasteiger partial charge in [-0.1, -0.05) is 0 Å². The van der Waals surface area contributed by atoms with Crippen molar-refractivity contribution in [3.05, 3.63) is 27.2 Å². The van der Waals surface area contributed by atoms with Gasteiger partial charge in [0.1, 0.15) is 5.75 Å². The molecule has 1 rings (SSSR count). The number of esters is 1. The van der Waals surface area contributed by atoms with Crippen LogP contribution in [0, 0.1) is 13.8 Å². The van der Waals surface area contributed by atoms with Crippen molar-refractivity contribution in [1.29, 1.82) is 0 Å². The summed E-state index contributed by atoms with van der Waals surface area (Å²) in [7, 11) is 0. The minimum Gasteiger partial charge on any atom is -0.506 e. The lowest BCUT2D eigenvalue weighted by Gasteiger charge is -2.11. The zero-order chi connectivity index (χ0) is 13.2. The van der Waals surface area contributed by atoms with Gasteiger partial charge in [0.05, 0.1) is 16.6 Å². The molecule has 4 nitrogen and oxygen atoms in total. The predicted molar refractivity (Wildman–Crippen MR) is 66.2 cm³/mol. The van der Waals surface area contributed by atoms with Gasteiger partial charge in [-0.2, -0.15) is 0 Å². The Labute approximate surface area is 108 Å². The van der Waals surface area contributed by atoms with Crippen LogP contribution >= 0.6 is 15.9 Å². The molecule has 5 heteroatoms. The van der Waals surface area contributed by atoms with Gasteiger partial charge in [-0.25, -0.2) is 4.79 Å². The van der Waals surface area contributed by atoms with Crippen LogP contribution < -0.4 is 0 Å². The molecule has 92 valence electrons. The van der Waals surface area contributed by atoms with Crippen molar-refractivity contribution in [3.63, 3.8) is 0 Å². The Bertz CT molecular complexity index is 454. The molecule has 1 aromatic rings. The Morgan fingerprint density at radius 2 is 2.00 bits per heavy atom. The number of Topliss-reactive ketones (excluding diaryl/α,β-unsaturated/α-hetero) is 1. The molecular weight excluding hydrogens is 288 g/mol. The quantitative estimate of drug-likeness (QED) is 0.529. The van der Waals surface area contributed by atoms with Crippen LogP contribution in [0.1, 0.15) is 28.4 Å². The Morgan fingerprint density at radius 1 is 1.41 bits per heavy atom. The molecule has 0 saturated carbocycles. The van der Waals surface area contributed by atoms with Crippen LogP contribution in [0.5, 0.6) is 5.75 Å². The Kier molecular flexibility index (Phi) is 4.28. The fourth-order valence-electron chi connectivity index (χ4n) is 1.44. The summed E-state index contributed by atoms with van der Waals surface area (Å²) in [4.78, 5) is 23.2. The Balaban J connectivity index is 3.31. The van der Waals surface area contributed by atoms with Gasteiger partial charge in [0, 0.05) is 0 Å². The number of halogens is 1. The first kappa shape index (κ1) is 13.7. The minimum absolute atomic E-state index is 0.00433. The summed E-state index contributed by atoms with van der Waals surface area (Å²) in [6.45, 7) is 5.21. The Hall–Kier alpha value is -1.36. The van der Waals surface area contributed by atoms with Gasteiger partial charge in [0.15, 0.2) is 0 Å². The molecule has 0 aliphatic rings. The van der Waals surface area contributed by atoms with E-state index in [-0.39, 0.29) is 17.9 Å². The van der Waals surface area contributed by atoms with Gasteiger partial charge in [-0.15, -0.1) is 0 Å². The van der Waals surface area contributed by atoms with Gasteiger partial charge in [-0.3, -0.25) is 4.79 Å². The normalized spacial score (nSPS) is 10.1. The van der Waals surface area contributed by atoms with E-state index in [4.69, 9.17) is 0 Å². The highest BCUT2D eigenvalue weighted by molar-refractivity contribution is 9.10. The van der Waals surface area contributed by atoms with Crippen molar-refractivity contribution in [2.24, 2.45) is 0 Å². The smallest absolute Gasteiger partial charge is 0.379 e. The van der Waals surface area contributed by atoms with E-state index in [1.165, 1.54) is 0 Å². The number of phenols is 1. The summed E-state index contributed by atoms with van der Waals surface area (Å²) in [6.07, 6.45) is 0. The molecule has 0 unspecified atom stereocenters. The van der Waals surface area contributed by atoms with Crippen molar-refractivity contribution in [3.8, 4) is 5.75 Å². The lowest BCUT2D eigenvalue weighted by Crippen LogP contribution is -2.19. The molecule has 1 aromatic carbocycles. The van der Waals surface area contributed by atoms with Gasteiger partial charge in [0.25, 0.3) is 5.78 Å². The highest BCUT2D eigenvalue weighted by Gasteiger charge is 2.25. The number of benzene rings is 1. The lowest BCUT2D eigenvalue weighted by atomic mass is 9.99. The summed E-state index contributed by atoms with van der Waals surface area (Å²) in [5, 5.41) is 9.81. The zero-order valence-electron chi connectivity index (χ0n) is 9.83. The van der Waals surface area contributed by atoms with Gasteiger partial charge in [0.2, 0.25) is 0 Å². The van der Waals surface area contributed by atoms with Crippen LogP contribution in [0.25, 0.3) is 0 Å². The Morgan fingerprint density at radius 3 is 2.53 bits per heavy atom. The molecule has 1 N–H and O–H groups in total. The first-order chi connectivity index (χ1) is 7.90. The molecule has 0 bridgehead atoms. The second kappa shape index (κ2) is 5.31. The molecule has 0 heterocycles. The van der Waals surface area contributed by atoms with Crippen LogP contribution in [0.2, 0.25) is 0 Å². The fraction of sp³-hybridized carbons (Fsp3) is 0.333. The number of aryl methyl sites for hydroxylation is 1. The number of aromatic hydroxyl groups is 1. The van der Waals surface area contributed by atoms with Crippen molar-refractivity contribution < 1.29 is 19.4 Å². The average molecular weight is 301 g/mol. The molecule has 17 heavy (non-hydrogen) atoms. The SMILES string of the molecule is CCOC(=O)C(=O)c1c(C)c(C)cc(Br)c1O. The van der Waals surface area contributed by atoms with Crippen LogP contribution in [0.4, 0.5) is 0 Å². The second-order valence-electron chi connectivity index (χ2n) is 3.57. The predicted octanol–water partition coefficient (Wildman–Crippen LogP) is 2.52. The number of phenolic OH excluding ortho intramolecular Hbond substituents is 1. The maximum atomic E-state index is 11.8. The van der Waals surface area contributed by atoms with E-state index in [0.717, 1.165) is 5.56 Å². The number of ketones is 1. The third-order valence-corrected chi connectivity index (χ3v) is 3.07. The topological polar surface area (TPSA) is 63.6 Å². The third-order valence-electron chi connectivity index (χ3n) is 2.46. The number of rotatable bonds is 3. The number of carbonyl (C=O) groups excluding carboxylic acids is 2. The molecule has 0 aliphatic carbocycles. The number of hydrogen-bond acceptors (Lipinski definition) is 4. The van der Waals surface area contributed by atoms with E-state index < -0.39 is 11.8 Å². The van der Waals surface area contributed by atoms with Gasteiger partial charge >= 0.3 is 5.97 Å². The zero-order valence-corrected chi connectivity index (χ0v) is 11.4. The molecule has 0 aliphatic heterocycles. The van der Waals surface area contributed by atoms with Crippen LogP contribution in [-0.4, -0.2) is 23.5 Å². The average Bonchev–Trinajstić information content (AvgIpc) is 2.27. The largest absolute Gasteiger partial charge is 0.506 e. The molecule has 0 amide bonds. The van der Waals surface area contributed by atoms with Crippen molar-refractivity contribution >= 4 is 27.7 Å². The minimum atomic E-state index is -0.955. The lowest BCUT2D eigenvalue weighted by molar-refractivity contribution is -0.137. The van der Waals surface area contributed by atoms with Crippen molar-refractivity contribution in [2.45, 2.75) is 20.8 Å². The number of ether oxygens (including phenoxy) is 1. The monoisotopic (exact) mass is 300 g/mol. The van der Waals surface area contributed by atoms with Crippen LogP contribution in [-0.2, 0) is 9.53 Å². The molecule has 0 radical (unpaired) electrons. The highest BCUT2D eigenvalue weighted by Crippen LogP contribution is 2.33. The summed E-state index contributed by atoms with van der Waals surface area (Å²) in [5.74, 6) is -2.01. The van der Waals surface area contributed by atoms with Crippen molar-refractivity contribution in [2.75, 3.05) is 6.61 Å². The molecule has 0 saturated heterocycles. The number of hydrogen-bond donors (Lipinski definition) is 1. The molecule has 0 fully saturated rings. The summed E-state index contributed by atoms with van der Waals surface area (Å²) in [6, 6.07) is 1.69. The summed E-state index contributed by atoms with van der Waals surface area (Å²) >= 11 is 3.13. The fourth-order valence-corrected chi connectivity index (χ4v) is 1.98. The van der Waals surface area contributed by atoms with E-state index in [0.29, 0.717) is 10.0 Å². The van der Waals surface area contributed by atoms with Gasteiger partial charge < -0.3 is 9.84 Å². The first-order valence-corrected chi connectivity index (χ1v) is 5.89. The molecule has 0 atom stereocenters. The van der Waals surface area contributed by atoms with Crippen LogP contribution in [0.3, 0.4) is 0 Å². The summed E-state index contributed by atoms with van der Waals surface area (Å²) < 4.78 is 5.02. The molecule has 0 spiro atoms.